The Labute approximate surface area is 119 Å². The molecule has 0 atom stereocenters. The van der Waals surface area contributed by atoms with Gasteiger partial charge in [-0.15, -0.1) is 0 Å². The summed E-state index contributed by atoms with van der Waals surface area (Å²) in [6, 6.07) is 9.00. The molecule has 0 radical (unpaired) electrons. The number of carbonyl (C=O) groups is 1. The minimum absolute atomic E-state index is 0.0136. The van der Waals surface area contributed by atoms with E-state index in [9.17, 15) is 4.79 Å². The highest BCUT2D eigenvalue weighted by Crippen LogP contribution is 2.14. The van der Waals surface area contributed by atoms with Crippen LogP contribution < -0.4 is 10.1 Å². The van der Waals surface area contributed by atoms with Crippen LogP contribution in [0.5, 0.6) is 5.75 Å². The van der Waals surface area contributed by atoms with Crippen LogP contribution >= 0.6 is 0 Å². The number of ether oxygens (including phenoxy) is 1. The van der Waals surface area contributed by atoms with Gasteiger partial charge in [-0.3, -0.25) is 4.79 Å². The second kappa shape index (κ2) is 7.51. The van der Waals surface area contributed by atoms with Crippen molar-refractivity contribution in [2.24, 2.45) is 5.41 Å². The molecule has 0 spiro atoms. The summed E-state index contributed by atoms with van der Waals surface area (Å²) in [4.78, 5) is 11.8. The zero-order chi connectivity index (χ0) is 15.0. The fraction of sp³-hybridized carbons (Fsp3) is 0.467. The van der Waals surface area contributed by atoms with Gasteiger partial charge in [0.05, 0.1) is 6.42 Å². The Morgan fingerprint density at radius 1 is 1.50 bits per heavy atom. The van der Waals surface area contributed by atoms with E-state index < -0.39 is 0 Å². The lowest BCUT2D eigenvalue weighted by molar-refractivity contribution is -0.121. The summed E-state index contributed by atoms with van der Waals surface area (Å²) in [5.74, 6) is 0.469. The van der Waals surface area contributed by atoms with Gasteiger partial charge in [-0.25, -0.2) is 0 Å². The van der Waals surface area contributed by atoms with Crippen molar-refractivity contribution in [3.63, 3.8) is 0 Å². The quantitative estimate of drug-likeness (QED) is 0.785. The molecule has 0 aliphatic heterocycles. The number of nitrogens with zero attached hydrogens (tertiary/aromatic N) is 1. The molecule has 0 saturated carbocycles. The number of nitriles is 1. The monoisotopic (exact) mass is 276 g/mol. The standard InChI is InChI=1S/C15H20N2O3/c1-15(2,11-18)10-17-14(19)9-12-4-3-5-13(8-12)20-7-6-16/h3-5,8,18H,7,9-11H2,1-2H3,(H,17,19). The zero-order valence-corrected chi connectivity index (χ0v) is 11.8. The second-order valence-electron chi connectivity index (χ2n) is 5.37. The van der Waals surface area contributed by atoms with Gasteiger partial charge in [-0.05, 0) is 17.7 Å². The molecule has 0 saturated heterocycles. The average molecular weight is 276 g/mol. The van der Waals surface area contributed by atoms with Crippen molar-refractivity contribution in [1.29, 1.82) is 5.26 Å². The fourth-order valence-electron chi connectivity index (χ4n) is 1.50. The summed E-state index contributed by atoms with van der Waals surface area (Å²) in [6.07, 6.45) is 0.241. The molecule has 20 heavy (non-hydrogen) atoms. The number of hydrogen-bond donors (Lipinski definition) is 2. The number of amides is 1. The molecule has 2 N–H and O–H groups in total. The third-order valence-electron chi connectivity index (χ3n) is 2.76. The summed E-state index contributed by atoms with van der Waals surface area (Å²) in [5.41, 5.74) is 0.493. The number of nitrogens with one attached hydrogen (secondary N) is 1. The predicted molar refractivity (Wildman–Crippen MR) is 75.1 cm³/mol. The third-order valence-corrected chi connectivity index (χ3v) is 2.76. The molecule has 5 heteroatoms. The van der Waals surface area contributed by atoms with Gasteiger partial charge in [0.2, 0.25) is 5.91 Å². The topological polar surface area (TPSA) is 82.3 Å². The van der Waals surface area contributed by atoms with Crippen molar-refractivity contribution in [1.82, 2.24) is 5.32 Å². The Balaban J connectivity index is 2.52. The number of aliphatic hydroxyl groups excluding tert-OH is 1. The second-order valence-corrected chi connectivity index (χ2v) is 5.37. The van der Waals surface area contributed by atoms with Gasteiger partial charge in [-0.1, -0.05) is 26.0 Å². The van der Waals surface area contributed by atoms with Crippen LogP contribution in [-0.4, -0.2) is 30.8 Å². The van der Waals surface area contributed by atoms with E-state index in [0.29, 0.717) is 12.3 Å². The molecule has 0 aliphatic carbocycles. The highest BCUT2D eigenvalue weighted by molar-refractivity contribution is 5.78. The Bertz CT molecular complexity index is 492. The number of aliphatic hydroxyl groups is 1. The summed E-state index contributed by atoms with van der Waals surface area (Å²) >= 11 is 0. The van der Waals surface area contributed by atoms with E-state index in [4.69, 9.17) is 15.1 Å². The molecule has 0 heterocycles. The lowest BCUT2D eigenvalue weighted by Gasteiger charge is -2.21. The molecule has 1 amide bonds. The molecule has 1 aromatic rings. The van der Waals surface area contributed by atoms with Crippen molar-refractivity contribution >= 4 is 5.91 Å². The van der Waals surface area contributed by atoms with E-state index in [1.54, 1.807) is 18.2 Å². The van der Waals surface area contributed by atoms with Crippen LogP contribution in [0.15, 0.2) is 24.3 Å². The van der Waals surface area contributed by atoms with E-state index in [-0.39, 0.29) is 31.0 Å². The van der Waals surface area contributed by atoms with E-state index in [2.05, 4.69) is 5.32 Å². The van der Waals surface area contributed by atoms with Gasteiger partial charge in [0.15, 0.2) is 6.61 Å². The van der Waals surface area contributed by atoms with Crippen molar-refractivity contribution in [2.45, 2.75) is 20.3 Å². The Kier molecular flexibility index (Phi) is 6.01. The molecule has 0 fully saturated rings. The summed E-state index contributed by atoms with van der Waals surface area (Å²) in [5, 5.41) is 20.4. The molecule has 1 rings (SSSR count). The van der Waals surface area contributed by atoms with Crippen LogP contribution in [0.25, 0.3) is 0 Å². The molecule has 0 aliphatic rings. The average Bonchev–Trinajstić information content (AvgIpc) is 2.43. The molecular formula is C15H20N2O3. The third kappa shape index (κ3) is 5.72. The molecule has 0 aromatic heterocycles. The maximum atomic E-state index is 11.8. The smallest absolute Gasteiger partial charge is 0.224 e. The first kappa shape index (κ1) is 16.0. The first-order chi connectivity index (χ1) is 9.46. The van der Waals surface area contributed by atoms with Crippen LogP contribution in [0.2, 0.25) is 0 Å². The van der Waals surface area contributed by atoms with Gasteiger partial charge in [0, 0.05) is 18.6 Å². The Hall–Kier alpha value is -2.06. The van der Waals surface area contributed by atoms with Crippen molar-refractivity contribution in [2.75, 3.05) is 19.8 Å². The molecule has 108 valence electrons. The number of hydrogen-bond acceptors (Lipinski definition) is 4. The first-order valence-corrected chi connectivity index (χ1v) is 6.43. The maximum absolute atomic E-state index is 11.8. The van der Waals surface area contributed by atoms with E-state index >= 15 is 0 Å². The van der Waals surface area contributed by atoms with Crippen LogP contribution in [0.4, 0.5) is 0 Å². The van der Waals surface area contributed by atoms with E-state index in [1.807, 2.05) is 26.0 Å². The zero-order valence-electron chi connectivity index (χ0n) is 11.8. The van der Waals surface area contributed by atoms with E-state index in [1.165, 1.54) is 0 Å². The SMILES string of the molecule is CC(C)(CO)CNC(=O)Cc1cccc(OCC#N)c1. The lowest BCUT2D eigenvalue weighted by Crippen LogP contribution is -2.36. The molecule has 1 aromatic carbocycles. The van der Waals surface area contributed by atoms with Crippen molar-refractivity contribution in [3.8, 4) is 11.8 Å². The molecule has 5 nitrogen and oxygen atoms in total. The van der Waals surface area contributed by atoms with Crippen LogP contribution in [0.1, 0.15) is 19.4 Å². The minimum Gasteiger partial charge on any atom is -0.479 e. The Morgan fingerprint density at radius 3 is 2.90 bits per heavy atom. The van der Waals surface area contributed by atoms with Crippen LogP contribution in [-0.2, 0) is 11.2 Å². The first-order valence-electron chi connectivity index (χ1n) is 6.43. The minimum atomic E-state index is -0.326. The highest BCUT2D eigenvalue weighted by Gasteiger charge is 2.17. The van der Waals surface area contributed by atoms with Gasteiger partial charge in [0.1, 0.15) is 11.8 Å². The van der Waals surface area contributed by atoms with Crippen molar-refractivity contribution in [3.05, 3.63) is 29.8 Å². The summed E-state index contributed by atoms with van der Waals surface area (Å²) in [7, 11) is 0. The van der Waals surface area contributed by atoms with E-state index in [0.717, 1.165) is 5.56 Å². The summed E-state index contributed by atoms with van der Waals surface area (Å²) < 4.78 is 5.18. The number of benzene rings is 1. The summed E-state index contributed by atoms with van der Waals surface area (Å²) in [6.45, 7) is 4.19. The van der Waals surface area contributed by atoms with Crippen LogP contribution in [0, 0.1) is 16.7 Å². The fourth-order valence-corrected chi connectivity index (χ4v) is 1.50. The molecule has 0 unspecified atom stereocenters. The van der Waals surface area contributed by atoms with Gasteiger partial charge in [0.25, 0.3) is 0 Å². The largest absolute Gasteiger partial charge is 0.479 e. The number of rotatable bonds is 7. The van der Waals surface area contributed by atoms with Gasteiger partial charge < -0.3 is 15.2 Å². The van der Waals surface area contributed by atoms with Gasteiger partial charge in [-0.2, -0.15) is 5.26 Å². The maximum Gasteiger partial charge on any atom is 0.224 e. The highest BCUT2D eigenvalue weighted by atomic mass is 16.5. The van der Waals surface area contributed by atoms with Crippen LogP contribution in [0.3, 0.4) is 0 Å². The Morgan fingerprint density at radius 2 is 2.25 bits per heavy atom. The lowest BCUT2D eigenvalue weighted by atomic mass is 9.95. The number of carbonyl (C=O) groups excluding carboxylic acids is 1. The predicted octanol–water partition coefficient (Wildman–Crippen LogP) is 1.27. The normalized spacial score (nSPS) is 10.7. The van der Waals surface area contributed by atoms with Gasteiger partial charge >= 0.3 is 0 Å². The molecular weight excluding hydrogens is 256 g/mol. The van der Waals surface area contributed by atoms with Crippen molar-refractivity contribution < 1.29 is 14.6 Å². The molecule has 0 bridgehead atoms.